The number of carbonyl (C=O) groups excluding carboxylic acids is 2. The molecule has 24 heavy (non-hydrogen) atoms. The predicted octanol–water partition coefficient (Wildman–Crippen LogP) is 2.17. The van der Waals surface area contributed by atoms with Crippen LogP contribution in [0.25, 0.3) is 5.76 Å². The number of carboxylic acid groups (broad SMARTS) is 1. The Labute approximate surface area is 137 Å². The van der Waals surface area contributed by atoms with Crippen molar-refractivity contribution in [2.45, 2.75) is 6.54 Å². The molecule has 3 rings (SSSR count). The van der Waals surface area contributed by atoms with E-state index in [9.17, 15) is 19.5 Å². The first-order chi connectivity index (χ1) is 11.5. The fourth-order valence-corrected chi connectivity index (χ4v) is 2.53. The quantitative estimate of drug-likeness (QED) is 0.745. The number of allylic oxidation sites excluding steroid dienone is 1. The lowest BCUT2D eigenvalue weighted by Gasteiger charge is -2.18. The summed E-state index contributed by atoms with van der Waals surface area (Å²) >= 11 is 0. The Balaban J connectivity index is 1.90. The fourth-order valence-electron chi connectivity index (χ4n) is 2.53. The van der Waals surface area contributed by atoms with Crippen LogP contribution in [-0.2, 0) is 11.3 Å². The van der Waals surface area contributed by atoms with Crippen molar-refractivity contribution in [2.75, 3.05) is 0 Å². The molecule has 0 fully saturated rings. The Bertz CT molecular complexity index is 898. The van der Waals surface area contributed by atoms with E-state index in [1.165, 1.54) is 18.2 Å². The largest absolute Gasteiger partial charge is 0.505 e. The second-order valence-electron chi connectivity index (χ2n) is 5.29. The highest BCUT2D eigenvalue weighted by atomic mass is 16.4. The lowest BCUT2D eigenvalue weighted by Crippen LogP contribution is -2.31. The van der Waals surface area contributed by atoms with Gasteiger partial charge in [0.15, 0.2) is 5.76 Å². The standard InChI is InChI=1S/C18H13NO5/c20-15-12-6-1-2-7-13(12)16(21)17(22)14(15)19-9-10-4-3-5-11(8-10)18(23)24/h1-8,19-20H,9H2,(H,23,24). The van der Waals surface area contributed by atoms with E-state index in [4.69, 9.17) is 5.11 Å². The number of benzene rings is 2. The summed E-state index contributed by atoms with van der Waals surface area (Å²) in [4.78, 5) is 35.3. The average Bonchev–Trinajstić information content (AvgIpc) is 2.60. The molecular weight excluding hydrogens is 310 g/mol. The van der Waals surface area contributed by atoms with E-state index < -0.39 is 17.5 Å². The van der Waals surface area contributed by atoms with Gasteiger partial charge in [0.05, 0.1) is 5.56 Å². The van der Waals surface area contributed by atoms with Crippen molar-refractivity contribution < 1.29 is 24.6 Å². The first kappa shape index (κ1) is 15.5. The number of carbonyl (C=O) groups is 3. The van der Waals surface area contributed by atoms with Crippen LogP contribution in [0, 0.1) is 0 Å². The van der Waals surface area contributed by atoms with Gasteiger partial charge in [-0.15, -0.1) is 0 Å². The zero-order valence-electron chi connectivity index (χ0n) is 12.4. The minimum atomic E-state index is -1.06. The maximum Gasteiger partial charge on any atom is 0.335 e. The second-order valence-corrected chi connectivity index (χ2v) is 5.29. The minimum absolute atomic E-state index is 0.0989. The number of fused-ring (bicyclic) bond motifs is 1. The van der Waals surface area contributed by atoms with Crippen LogP contribution in [0.15, 0.2) is 54.2 Å². The third-order valence-electron chi connectivity index (χ3n) is 3.74. The number of aromatic carboxylic acids is 1. The van der Waals surface area contributed by atoms with Crippen molar-refractivity contribution in [3.8, 4) is 0 Å². The van der Waals surface area contributed by atoms with Gasteiger partial charge in [0.25, 0.3) is 5.78 Å². The topological polar surface area (TPSA) is 104 Å². The molecule has 2 aromatic carbocycles. The number of Topliss-reactive ketones (excluding diaryl/α,β-unsaturated/α-hetero) is 2. The van der Waals surface area contributed by atoms with Gasteiger partial charge >= 0.3 is 5.97 Å². The van der Waals surface area contributed by atoms with Crippen LogP contribution in [0.1, 0.15) is 31.8 Å². The summed E-state index contributed by atoms with van der Waals surface area (Å²) in [6, 6.07) is 12.5. The normalized spacial score (nSPS) is 13.7. The summed E-state index contributed by atoms with van der Waals surface area (Å²) in [5.74, 6) is -2.85. The lowest BCUT2D eigenvalue weighted by molar-refractivity contribution is -0.112. The van der Waals surface area contributed by atoms with Crippen LogP contribution in [0.3, 0.4) is 0 Å². The first-order valence-electron chi connectivity index (χ1n) is 7.17. The fraction of sp³-hybridized carbons (Fsp3) is 0.0556. The SMILES string of the molecule is O=C1C(=O)c2ccccc2C(O)=C1NCc1cccc(C(=O)O)c1. The molecule has 1 aliphatic carbocycles. The van der Waals surface area contributed by atoms with Gasteiger partial charge in [0.1, 0.15) is 5.70 Å². The van der Waals surface area contributed by atoms with Crippen molar-refractivity contribution in [3.05, 3.63) is 76.5 Å². The number of hydrogen-bond acceptors (Lipinski definition) is 5. The summed E-state index contributed by atoms with van der Waals surface area (Å²) in [6.45, 7) is 0.0989. The molecule has 0 radical (unpaired) electrons. The highest BCUT2D eigenvalue weighted by molar-refractivity contribution is 6.52. The maximum atomic E-state index is 12.2. The van der Waals surface area contributed by atoms with Gasteiger partial charge < -0.3 is 15.5 Å². The second kappa shape index (κ2) is 6.00. The number of aliphatic hydroxyl groups is 1. The van der Waals surface area contributed by atoms with E-state index in [0.29, 0.717) is 11.1 Å². The van der Waals surface area contributed by atoms with E-state index in [-0.39, 0.29) is 29.1 Å². The summed E-state index contributed by atoms with van der Waals surface area (Å²) in [6.07, 6.45) is 0. The zero-order valence-corrected chi connectivity index (χ0v) is 12.4. The Morgan fingerprint density at radius 2 is 1.67 bits per heavy atom. The van der Waals surface area contributed by atoms with E-state index in [1.54, 1.807) is 30.3 Å². The summed E-state index contributed by atoms with van der Waals surface area (Å²) in [7, 11) is 0. The predicted molar refractivity (Wildman–Crippen MR) is 85.6 cm³/mol. The number of carboxylic acids is 1. The van der Waals surface area contributed by atoms with E-state index >= 15 is 0 Å². The number of rotatable bonds is 4. The van der Waals surface area contributed by atoms with E-state index in [2.05, 4.69) is 5.32 Å². The van der Waals surface area contributed by atoms with Crippen LogP contribution in [-0.4, -0.2) is 27.7 Å². The van der Waals surface area contributed by atoms with Gasteiger partial charge in [-0.3, -0.25) is 9.59 Å². The van der Waals surface area contributed by atoms with Crippen LogP contribution in [0.4, 0.5) is 0 Å². The lowest BCUT2D eigenvalue weighted by atomic mass is 9.91. The van der Waals surface area contributed by atoms with E-state index in [0.717, 1.165) is 0 Å². The monoisotopic (exact) mass is 323 g/mol. The molecule has 0 saturated carbocycles. The third-order valence-corrected chi connectivity index (χ3v) is 3.74. The number of hydrogen-bond donors (Lipinski definition) is 3. The van der Waals surface area contributed by atoms with Gasteiger partial charge in [0, 0.05) is 17.7 Å². The molecule has 3 N–H and O–H groups in total. The molecule has 0 aliphatic heterocycles. The molecule has 1 aliphatic rings. The summed E-state index contributed by atoms with van der Waals surface area (Å²) in [5, 5.41) is 22.0. The van der Waals surface area contributed by atoms with Crippen molar-refractivity contribution in [3.63, 3.8) is 0 Å². The molecule has 0 amide bonds. The number of ketones is 2. The average molecular weight is 323 g/mol. The zero-order chi connectivity index (χ0) is 17.3. The summed E-state index contributed by atoms with van der Waals surface area (Å²) in [5.41, 5.74) is 1.000. The Kier molecular flexibility index (Phi) is 3.87. The van der Waals surface area contributed by atoms with Crippen molar-refractivity contribution in [1.29, 1.82) is 0 Å². The van der Waals surface area contributed by atoms with Gasteiger partial charge in [0.2, 0.25) is 5.78 Å². The van der Waals surface area contributed by atoms with Gasteiger partial charge in [-0.25, -0.2) is 4.79 Å². The molecule has 0 atom stereocenters. The first-order valence-corrected chi connectivity index (χ1v) is 7.17. The minimum Gasteiger partial charge on any atom is -0.505 e. The molecule has 0 aromatic heterocycles. The molecule has 0 heterocycles. The molecule has 0 unspecified atom stereocenters. The third kappa shape index (κ3) is 2.65. The molecule has 0 saturated heterocycles. The molecule has 0 bridgehead atoms. The Morgan fingerprint density at radius 1 is 0.958 bits per heavy atom. The van der Waals surface area contributed by atoms with Crippen LogP contribution in [0.2, 0.25) is 0 Å². The van der Waals surface area contributed by atoms with Crippen LogP contribution < -0.4 is 5.32 Å². The van der Waals surface area contributed by atoms with Gasteiger partial charge in [-0.05, 0) is 17.7 Å². The maximum absolute atomic E-state index is 12.2. The highest BCUT2D eigenvalue weighted by Crippen LogP contribution is 2.26. The Morgan fingerprint density at radius 3 is 2.38 bits per heavy atom. The molecule has 2 aromatic rings. The van der Waals surface area contributed by atoms with E-state index in [1.807, 2.05) is 0 Å². The number of aliphatic hydroxyl groups excluding tert-OH is 1. The molecule has 6 heteroatoms. The smallest absolute Gasteiger partial charge is 0.335 e. The molecular formula is C18H13NO5. The molecule has 0 spiro atoms. The molecule has 120 valence electrons. The highest BCUT2D eigenvalue weighted by Gasteiger charge is 2.32. The van der Waals surface area contributed by atoms with Crippen LogP contribution >= 0.6 is 0 Å². The van der Waals surface area contributed by atoms with Crippen molar-refractivity contribution in [2.24, 2.45) is 0 Å². The van der Waals surface area contributed by atoms with Crippen molar-refractivity contribution >= 4 is 23.3 Å². The number of nitrogens with one attached hydrogen (secondary N) is 1. The van der Waals surface area contributed by atoms with Crippen LogP contribution in [0.5, 0.6) is 0 Å². The van der Waals surface area contributed by atoms with Crippen molar-refractivity contribution in [1.82, 2.24) is 5.32 Å². The Hall–Kier alpha value is -3.41. The summed E-state index contributed by atoms with van der Waals surface area (Å²) < 4.78 is 0. The van der Waals surface area contributed by atoms with Gasteiger partial charge in [-0.1, -0.05) is 36.4 Å². The molecule has 6 nitrogen and oxygen atoms in total. The van der Waals surface area contributed by atoms with Gasteiger partial charge in [-0.2, -0.15) is 0 Å².